The fourth-order valence-electron chi connectivity index (χ4n) is 1.80. The van der Waals surface area contributed by atoms with Gasteiger partial charge in [-0.1, -0.05) is 23.5 Å². The molecule has 0 aliphatic rings. The van der Waals surface area contributed by atoms with Gasteiger partial charge in [0.1, 0.15) is 10.8 Å². The van der Waals surface area contributed by atoms with E-state index in [-0.39, 0.29) is 0 Å². The fraction of sp³-hybridized carbons (Fsp3) is 0.143. The molecule has 0 aliphatic carbocycles. The Hall–Kier alpha value is -2.14. The molecule has 0 bridgehead atoms. The highest BCUT2D eigenvalue weighted by atomic mass is 32.1. The number of methoxy groups -OCH3 is 1. The van der Waals surface area contributed by atoms with Crippen LogP contribution in [0.2, 0.25) is 0 Å². The standard InChI is InChI=1S/C14H13N3OS/c1-18-12-6-4-11(5-7-12)10-13-15-16-14(19-13)17-8-2-3-9-17/h2-9H,10H2,1H3. The van der Waals surface area contributed by atoms with Crippen LogP contribution in [0.15, 0.2) is 48.8 Å². The summed E-state index contributed by atoms with van der Waals surface area (Å²) < 4.78 is 7.11. The summed E-state index contributed by atoms with van der Waals surface area (Å²) >= 11 is 1.60. The van der Waals surface area contributed by atoms with Crippen molar-refractivity contribution in [3.63, 3.8) is 0 Å². The zero-order chi connectivity index (χ0) is 13.1. The number of benzene rings is 1. The molecule has 3 rings (SSSR count). The largest absolute Gasteiger partial charge is 0.497 e. The molecule has 3 aromatic rings. The lowest BCUT2D eigenvalue weighted by molar-refractivity contribution is 0.414. The maximum absolute atomic E-state index is 5.14. The molecule has 0 spiro atoms. The Morgan fingerprint density at radius 1 is 1.11 bits per heavy atom. The Kier molecular flexibility index (Phi) is 3.29. The molecule has 0 aliphatic heterocycles. The van der Waals surface area contributed by atoms with Crippen LogP contribution in [0.1, 0.15) is 10.6 Å². The summed E-state index contributed by atoms with van der Waals surface area (Å²) in [5.41, 5.74) is 1.20. The molecule has 2 heterocycles. The number of hydrogen-bond acceptors (Lipinski definition) is 4. The molecular weight excluding hydrogens is 258 g/mol. The zero-order valence-corrected chi connectivity index (χ0v) is 11.3. The summed E-state index contributed by atoms with van der Waals surface area (Å²) in [5.74, 6) is 0.869. The average Bonchev–Trinajstić information content (AvgIpc) is 3.10. The lowest BCUT2D eigenvalue weighted by Gasteiger charge is -2.00. The third-order valence-electron chi connectivity index (χ3n) is 2.80. The van der Waals surface area contributed by atoms with Crippen LogP contribution < -0.4 is 4.74 Å². The molecule has 0 saturated carbocycles. The van der Waals surface area contributed by atoms with Gasteiger partial charge in [0.05, 0.1) is 7.11 Å². The smallest absolute Gasteiger partial charge is 0.216 e. The molecule has 96 valence electrons. The van der Waals surface area contributed by atoms with Crippen molar-refractivity contribution < 1.29 is 4.74 Å². The maximum atomic E-state index is 5.14. The quantitative estimate of drug-likeness (QED) is 0.732. The fourth-order valence-corrected chi connectivity index (χ4v) is 2.64. The van der Waals surface area contributed by atoms with Crippen LogP contribution in [0.25, 0.3) is 5.13 Å². The van der Waals surface area contributed by atoms with Crippen LogP contribution in [0.5, 0.6) is 5.75 Å². The summed E-state index contributed by atoms with van der Waals surface area (Å²) in [4.78, 5) is 0. The van der Waals surface area contributed by atoms with Crippen molar-refractivity contribution >= 4 is 11.3 Å². The molecule has 0 amide bonds. The van der Waals surface area contributed by atoms with E-state index in [1.807, 2.05) is 41.2 Å². The summed E-state index contributed by atoms with van der Waals surface area (Å²) in [6, 6.07) is 12.0. The van der Waals surface area contributed by atoms with Crippen LogP contribution in [0.4, 0.5) is 0 Å². The van der Waals surface area contributed by atoms with Crippen molar-refractivity contribution in [2.24, 2.45) is 0 Å². The Morgan fingerprint density at radius 2 is 1.84 bits per heavy atom. The van der Waals surface area contributed by atoms with Crippen molar-refractivity contribution in [2.75, 3.05) is 7.11 Å². The third kappa shape index (κ3) is 2.66. The van der Waals surface area contributed by atoms with Gasteiger partial charge < -0.3 is 4.74 Å². The molecule has 4 nitrogen and oxygen atoms in total. The van der Waals surface area contributed by atoms with Gasteiger partial charge in [-0.05, 0) is 29.8 Å². The first-order valence-corrected chi connectivity index (χ1v) is 6.75. The zero-order valence-electron chi connectivity index (χ0n) is 10.5. The number of hydrogen-bond donors (Lipinski definition) is 0. The Labute approximate surface area is 115 Å². The summed E-state index contributed by atoms with van der Waals surface area (Å²) in [7, 11) is 1.67. The predicted octanol–water partition coefficient (Wildman–Crippen LogP) is 2.93. The van der Waals surface area contributed by atoms with Crippen molar-refractivity contribution in [1.82, 2.24) is 14.8 Å². The van der Waals surface area contributed by atoms with Crippen molar-refractivity contribution in [3.05, 3.63) is 59.4 Å². The van der Waals surface area contributed by atoms with Crippen LogP contribution in [0.3, 0.4) is 0 Å². The summed E-state index contributed by atoms with van der Waals surface area (Å²) in [5, 5.41) is 10.3. The summed E-state index contributed by atoms with van der Waals surface area (Å²) in [6.07, 6.45) is 4.73. The average molecular weight is 271 g/mol. The van der Waals surface area contributed by atoms with Gasteiger partial charge in [-0.15, -0.1) is 10.2 Å². The molecule has 0 radical (unpaired) electrons. The van der Waals surface area contributed by atoms with E-state index < -0.39 is 0 Å². The minimum Gasteiger partial charge on any atom is -0.497 e. The van der Waals surface area contributed by atoms with E-state index in [2.05, 4.69) is 22.3 Å². The van der Waals surface area contributed by atoms with E-state index in [1.54, 1.807) is 18.4 Å². The minimum absolute atomic E-state index is 0.795. The van der Waals surface area contributed by atoms with E-state index in [0.717, 1.165) is 22.3 Å². The van der Waals surface area contributed by atoms with E-state index in [1.165, 1.54) is 5.56 Å². The molecule has 0 saturated heterocycles. The second-order valence-corrected chi connectivity index (χ2v) is 5.13. The molecule has 0 fully saturated rings. The molecule has 2 aromatic heterocycles. The van der Waals surface area contributed by atoms with E-state index in [0.29, 0.717) is 0 Å². The lowest BCUT2D eigenvalue weighted by Crippen LogP contribution is -1.88. The van der Waals surface area contributed by atoms with Gasteiger partial charge in [-0.2, -0.15) is 0 Å². The van der Waals surface area contributed by atoms with Crippen LogP contribution in [-0.4, -0.2) is 21.9 Å². The van der Waals surface area contributed by atoms with Gasteiger partial charge in [0, 0.05) is 18.8 Å². The number of aromatic nitrogens is 3. The molecule has 0 unspecified atom stereocenters. The number of ether oxygens (including phenoxy) is 1. The van der Waals surface area contributed by atoms with Crippen LogP contribution in [0, 0.1) is 0 Å². The second kappa shape index (κ2) is 5.24. The normalized spacial score (nSPS) is 10.6. The van der Waals surface area contributed by atoms with Crippen LogP contribution >= 0.6 is 11.3 Å². The predicted molar refractivity (Wildman–Crippen MR) is 75.0 cm³/mol. The molecule has 19 heavy (non-hydrogen) atoms. The monoisotopic (exact) mass is 271 g/mol. The van der Waals surface area contributed by atoms with E-state index in [9.17, 15) is 0 Å². The van der Waals surface area contributed by atoms with Gasteiger partial charge in [0.2, 0.25) is 5.13 Å². The Morgan fingerprint density at radius 3 is 2.53 bits per heavy atom. The molecule has 0 N–H and O–H groups in total. The molecule has 1 aromatic carbocycles. The molecular formula is C14H13N3OS. The lowest BCUT2D eigenvalue weighted by atomic mass is 10.1. The number of nitrogens with zero attached hydrogens (tertiary/aromatic N) is 3. The first-order chi connectivity index (χ1) is 9.35. The van der Waals surface area contributed by atoms with E-state index in [4.69, 9.17) is 4.74 Å². The first kappa shape index (κ1) is 11.9. The molecule has 5 heteroatoms. The van der Waals surface area contributed by atoms with Gasteiger partial charge >= 0.3 is 0 Å². The van der Waals surface area contributed by atoms with Crippen molar-refractivity contribution in [2.45, 2.75) is 6.42 Å². The van der Waals surface area contributed by atoms with Gasteiger partial charge in [-0.3, -0.25) is 4.57 Å². The minimum atomic E-state index is 0.795. The maximum Gasteiger partial charge on any atom is 0.216 e. The second-order valence-electron chi connectivity index (χ2n) is 4.09. The van der Waals surface area contributed by atoms with Crippen molar-refractivity contribution in [3.8, 4) is 10.9 Å². The van der Waals surface area contributed by atoms with Gasteiger partial charge in [-0.25, -0.2) is 0 Å². The Bertz CT molecular complexity index is 644. The highest BCUT2D eigenvalue weighted by molar-refractivity contribution is 7.13. The SMILES string of the molecule is COc1ccc(Cc2nnc(-n3cccc3)s2)cc1. The van der Waals surface area contributed by atoms with Crippen LogP contribution in [-0.2, 0) is 6.42 Å². The van der Waals surface area contributed by atoms with E-state index >= 15 is 0 Å². The van der Waals surface area contributed by atoms with Gasteiger partial charge in [0.15, 0.2) is 0 Å². The topological polar surface area (TPSA) is 39.9 Å². The highest BCUT2D eigenvalue weighted by Crippen LogP contribution is 2.19. The first-order valence-electron chi connectivity index (χ1n) is 5.94. The number of rotatable bonds is 4. The van der Waals surface area contributed by atoms with Gasteiger partial charge in [0.25, 0.3) is 0 Å². The van der Waals surface area contributed by atoms with Crippen molar-refractivity contribution in [1.29, 1.82) is 0 Å². The third-order valence-corrected chi connectivity index (χ3v) is 3.73. The Balaban J connectivity index is 1.76. The summed E-state index contributed by atoms with van der Waals surface area (Å²) in [6.45, 7) is 0. The molecule has 0 atom stereocenters. The highest BCUT2D eigenvalue weighted by Gasteiger charge is 2.06.